The quantitative estimate of drug-likeness (QED) is 0.831. The number of hydrogen-bond donors (Lipinski definition) is 2. The van der Waals surface area contributed by atoms with Gasteiger partial charge in [0.25, 0.3) is 5.91 Å². The first-order valence-electron chi connectivity index (χ1n) is 7.70. The maximum Gasteiger partial charge on any atom is 0.257 e. The van der Waals surface area contributed by atoms with Crippen molar-refractivity contribution in [1.82, 2.24) is 4.98 Å². The van der Waals surface area contributed by atoms with E-state index in [9.17, 15) is 4.79 Å². The molecule has 1 aromatic carbocycles. The number of amides is 1. The molecule has 1 amide bonds. The van der Waals surface area contributed by atoms with Gasteiger partial charge in [-0.25, -0.2) is 4.98 Å². The average Bonchev–Trinajstić information content (AvgIpc) is 3.09. The second kappa shape index (κ2) is 7.83. The molecule has 7 heteroatoms. The first kappa shape index (κ1) is 17.0. The monoisotopic (exact) mass is 365 g/mol. The van der Waals surface area contributed by atoms with E-state index in [1.807, 2.05) is 0 Å². The summed E-state index contributed by atoms with van der Waals surface area (Å²) in [7, 11) is 0. The fraction of sp³-hybridized carbons (Fsp3) is 0.294. The van der Waals surface area contributed by atoms with Gasteiger partial charge in [-0.15, -0.1) is 0 Å². The van der Waals surface area contributed by atoms with Crippen LogP contribution in [-0.4, -0.2) is 30.1 Å². The lowest BCUT2D eigenvalue weighted by Gasteiger charge is -2.11. The predicted octanol–water partition coefficient (Wildman–Crippen LogP) is 4.23. The number of pyridine rings is 1. The lowest BCUT2D eigenvalue weighted by Crippen LogP contribution is -2.19. The molecule has 0 bridgehead atoms. The molecule has 3 rings (SSSR count). The summed E-state index contributed by atoms with van der Waals surface area (Å²) in [4.78, 5) is 16.5. The zero-order valence-electron chi connectivity index (χ0n) is 12.9. The smallest absolute Gasteiger partial charge is 0.257 e. The number of ether oxygens (including phenoxy) is 1. The average molecular weight is 366 g/mol. The summed E-state index contributed by atoms with van der Waals surface area (Å²) >= 11 is 11.9. The van der Waals surface area contributed by atoms with E-state index < -0.39 is 0 Å². The van der Waals surface area contributed by atoms with E-state index in [-0.39, 0.29) is 12.0 Å². The van der Waals surface area contributed by atoms with Crippen molar-refractivity contribution >= 4 is 40.6 Å². The van der Waals surface area contributed by atoms with E-state index in [1.165, 1.54) is 6.20 Å². The van der Waals surface area contributed by atoms with E-state index >= 15 is 0 Å². The minimum Gasteiger partial charge on any atom is -0.376 e. The maximum absolute atomic E-state index is 12.2. The van der Waals surface area contributed by atoms with Crippen LogP contribution in [0.1, 0.15) is 23.2 Å². The Kier molecular flexibility index (Phi) is 5.56. The molecule has 0 spiro atoms. The third kappa shape index (κ3) is 4.38. The van der Waals surface area contributed by atoms with E-state index in [0.717, 1.165) is 26.0 Å². The van der Waals surface area contributed by atoms with E-state index in [1.54, 1.807) is 30.3 Å². The molecule has 0 saturated carbocycles. The highest BCUT2D eigenvalue weighted by molar-refractivity contribution is 6.36. The highest BCUT2D eigenvalue weighted by Crippen LogP contribution is 2.25. The number of carbonyl (C=O) groups excluding carboxylic acids is 1. The molecule has 1 atom stereocenters. The first-order valence-corrected chi connectivity index (χ1v) is 8.45. The summed E-state index contributed by atoms with van der Waals surface area (Å²) in [5.74, 6) is 0.434. The molecule has 2 heterocycles. The van der Waals surface area contributed by atoms with Crippen LogP contribution in [0.5, 0.6) is 0 Å². The molecule has 1 unspecified atom stereocenters. The van der Waals surface area contributed by atoms with Crippen LogP contribution >= 0.6 is 23.2 Å². The van der Waals surface area contributed by atoms with E-state index in [4.69, 9.17) is 27.9 Å². The minimum atomic E-state index is -0.280. The molecule has 2 aromatic rings. The number of nitrogens with one attached hydrogen (secondary N) is 2. The van der Waals surface area contributed by atoms with Crippen LogP contribution in [-0.2, 0) is 4.74 Å². The third-order valence-electron chi connectivity index (χ3n) is 3.74. The Balaban J connectivity index is 1.58. The van der Waals surface area contributed by atoms with Gasteiger partial charge in [-0.05, 0) is 43.2 Å². The van der Waals surface area contributed by atoms with Crippen molar-refractivity contribution in [2.45, 2.75) is 18.9 Å². The Bertz CT molecular complexity index is 716. The molecule has 5 nitrogen and oxygen atoms in total. The number of anilines is 2. The Labute approximate surface area is 150 Å². The second-order valence-corrected chi connectivity index (χ2v) is 6.37. The lowest BCUT2D eigenvalue weighted by atomic mass is 10.2. The third-order valence-corrected chi connectivity index (χ3v) is 4.29. The van der Waals surface area contributed by atoms with Gasteiger partial charge in [-0.3, -0.25) is 4.79 Å². The molecule has 0 aliphatic carbocycles. The summed E-state index contributed by atoms with van der Waals surface area (Å²) in [5.41, 5.74) is 0.954. The topological polar surface area (TPSA) is 63.2 Å². The molecule has 2 N–H and O–H groups in total. The second-order valence-electron chi connectivity index (χ2n) is 5.53. The molecule has 1 aliphatic rings. The Hall–Kier alpha value is -1.82. The number of nitrogens with zero attached hydrogens (tertiary/aromatic N) is 1. The fourth-order valence-electron chi connectivity index (χ4n) is 2.44. The Morgan fingerprint density at radius 2 is 2.17 bits per heavy atom. The van der Waals surface area contributed by atoms with Gasteiger partial charge in [-0.2, -0.15) is 0 Å². The van der Waals surface area contributed by atoms with Gasteiger partial charge in [0.2, 0.25) is 0 Å². The van der Waals surface area contributed by atoms with Crippen molar-refractivity contribution < 1.29 is 9.53 Å². The van der Waals surface area contributed by atoms with Crippen molar-refractivity contribution in [3.8, 4) is 0 Å². The molecule has 126 valence electrons. The van der Waals surface area contributed by atoms with Gasteiger partial charge in [0.05, 0.1) is 22.4 Å². The lowest BCUT2D eigenvalue weighted by molar-refractivity contribution is 0.102. The number of carbonyl (C=O) groups is 1. The SMILES string of the molecule is O=C(Nc1ccc(Cl)cc1Cl)c1ccc(NCC2CCCO2)nc1. The highest BCUT2D eigenvalue weighted by atomic mass is 35.5. The molecule has 1 fully saturated rings. The molecular formula is C17H17Cl2N3O2. The van der Waals surface area contributed by atoms with Gasteiger partial charge >= 0.3 is 0 Å². The Morgan fingerprint density at radius 1 is 1.29 bits per heavy atom. The van der Waals surface area contributed by atoms with Crippen molar-refractivity contribution in [2.24, 2.45) is 0 Å². The minimum absolute atomic E-state index is 0.238. The van der Waals surface area contributed by atoms with Crippen molar-refractivity contribution in [1.29, 1.82) is 0 Å². The van der Waals surface area contributed by atoms with E-state index in [0.29, 0.717) is 27.1 Å². The number of rotatable bonds is 5. The number of aromatic nitrogens is 1. The van der Waals surface area contributed by atoms with E-state index in [2.05, 4.69) is 15.6 Å². The fourth-order valence-corrected chi connectivity index (χ4v) is 2.90. The van der Waals surface area contributed by atoms with Crippen LogP contribution in [0.2, 0.25) is 10.0 Å². The van der Waals surface area contributed by atoms with Crippen molar-refractivity contribution in [2.75, 3.05) is 23.8 Å². The molecule has 1 aliphatic heterocycles. The summed E-state index contributed by atoms with van der Waals surface area (Å²) in [6, 6.07) is 8.39. The molecule has 1 aromatic heterocycles. The Morgan fingerprint density at radius 3 is 2.83 bits per heavy atom. The van der Waals surface area contributed by atoms with Gasteiger partial charge in [0.1, 0.15) is 5.82 Å². The normalized spacial score (nSPS) is 16.8. The molecule has 1 saturated heterocycles. The zero-order valence-corrected chi connectivity index (χ0v) is 14.4. The molecule has 24 heavy (non-hydrogen) atoms. The van der Waals surface area contributed by atoms with Gasteiger partial charge in [0.15, 0.2) is 0 Å². The first-order chi connectivity index (χ1) is 11.6. The largest absolute Gasteiger partial charge is 0.376 e. The van der Waals surface area contributed by atoms with Crippen LogP contribution in [0.4, 0.5) is 11.5 Å². The van der Waals surface area contributed by atoms with Crippen LogP contribution in [0, 0.1) is 0 Å². The number of halogens is 2. The van der Waals surface area contributed by atoms with Crippen LogP contribution in [0.15, 0.2) is 36.5 Å². The summed E-state index contributed by atoms with van der Waals surface area (Å²) in [6.45, 7) is 1.55. The van der Waals surface area contributed by atoms with Crippen LogP contribution in [0.25, 0.3) is 0 Å². The summed E-state index contributed by atoms with van der Waals surface area (Å²) in [6.07, 6.45) is 3.93. The maximum atomic E-state index is 12.2. The number of hydrogen-bond acceptors (Lipinski definition) is 4. The predicted molar refractivity (Wildman–Crippen MR) is 96.1 cm³/mol. The number of benzene rings is 1. The standard InChI is InChI=1S/C17H17Cl2N3O2/c18-12-4-5-15(14(19)8-12)22-17(23)11-3-6-16(20-9-11)21-10-13-2-1-7-24-13/h3-6,8-9,13H,1-2,7,10H2,(H,20,21)(H,22,23). The van der Waals surface area contributed by atoms with Gasteiger partial charge < -0.3 is 15.4 Å². The van der Waals surface area contributed by atoms with Gasteiger partial charge in [-0.1, -0.05) is 23.2 Å². The summed E-state index contributed by atoms with van der Waals surface area (Å²) < 4.78 is 5.55. The van der Waals surface area contributed by atoms with Crippen LogP contribution in [0.3, 0.4) is 0 Å². The summed E-state index contributed by atoms with van der Waals surface area (Å²) in [5, 5.41) is 6.86. The zero-order chi connectivity index (χ0) is 16.9. The molecular weight excluding hydrogens is 349 g/mol. The highest BCUT2D eigenvalue weighted by Gasteiger charge is 2.15. The van der Waals surface area contributed by atoms with Crippen molar-refractivity contribution in [3.63, 3.8) is 0 Å². The van der Waals surface area contributed by atoms with Crippen molar-refractivity contribution in [3.05, 3.63) is 52.1 Å². The van der Waals surface area contributed by atoms with Gasteiger partial charge in [0, 0.05) is 24.4 Å². The molecule has 0 radical (unpaired) electrons. The van der Waals surface area contributed by atoms with Crippen LogP contribution < -0.4 is 10.6 Å².